The summed E-state index contributed by atoms with van der Waals surface area (Å²) in [6, 6.07) is 3.16. The van der Waals surface area contributed by atoms with Crippen LogP contribution in [0.15, 0.2) is 18.2 Å². The van der Waals surface area contributed by atoms with Crippen LogP contribution in [0.4, 0.5) is 0 Å². The lowest BCUT2D eigenvalue weighted by Crippen LogP contribution is -2.44. The molecule has 104 valence electrons. The van der Waals surface area contributed by atoms with Crippen LogP contribution in [0.5, 0.6) is 11.5 Å². The topological polar surface area (TPSA) is 95.9 Å². The van der Waals surface area contributed by atoms with Crippen molar-refractivity contribution in [3.8, 4) is 11.5 Å². The maximum absolute atomic E-state index is 12.0. The molecule has 19 heavy (non-hydrogen) atoms. The van der Waals surface area contributed by atoms with Crippen molar-refractivity contribution in [2.75, 3.05) is 7.11 Å². The quantitative estimate of drug-likeness (QED) is 0.746. The summed E-state index contributed by atoms with van der Waals surface area (Å²) >= 11 is 0. The molecular weight excluding hydrogens is 250 g/mol. The zero-order valence-corrected chi connectivity index (χ0v) is 11.0. The molecule has 6 nitrogen and oxygen atoms in total. The molecule has 0 radical (unpaired) electrons. The van der Waals surface area contributed by atoms with Crippen LogP contribution in [0.1, 0.15) is 24.2 Å². The van der Waals surface area contributed by atoms with Gasteiger partial charge in [0.25, 0.3) is 5.91 Å². The molecule has 1 amide bonds. The van der Waals surface area contributed by atoms with Gasteiger partial charge in [0, 0.05) is 0 Å². The van der Waals surface area contributed by atoms with Gasteiger partial charge in [0.2, 0.25) is 0 Å². The van der Waals surface area contributed by atoms with E-state index < -0.39 is 17.9 Å². The molecule has 0 aliphatic heterocycles. The molecule has 0 aromatic heterocycles. The SMILES string of the molecule is COc1ccc(O)c(C(=O)N[C@H](C(=O)O)C(C)C)c1. The van der Waals surface area contributed by atoms with Gasteiger partial charge in [0.1, 0.15) is 17.5 Å². The lowest BCUT2D eigenvalue weighted by molar-refractivity contribution is -0.140. The average molecular weight is 267 g/mol. The number of carboxylic acids is 1. The minimum absolute atomic E-state index is 0.0220. The summed E-state index contributed by atoms with van der Waals surface area (Å²) < 4.78 is 4.95. The van der Waals surface area contributed by atoms with E-state index in [1.165, 1.54) is 25.3 Å². The van der Waals surface area contributed by atoms with Crippen molar-refractivity contribution in [2.45, 2.75) is 19.9 Å². The molecule has 0 fully saturated rings. The van der Waals surface area contributed by atoms with Crippen molar-refractivity contribution in [1.82, 2.24) is 5.32 Å². The van der Waals surface area contributed by atoms with Crippen molar-refractivity contribution in [2.24, 2.45) is 5.92 Å². The zero-order chi connectivity index (χ0) is 14.6. The molecule has 0 unspecified atom stereocenters. The number of aromatic hydroxyl groups is 1. The summed E-state index contributed by atoms with van der Waals surface area (Å²) in [6.07, 6.45) is 0. The molecule has 0 saturated carbocycles. The van der Waals surface area contributed by atoms with Crippen LogP contribution in [-0.4, -0.2) is 35.2 Å². The predicted molar refractivity (Wildman–Crippen MR) is 68.4 cm³/mol. The zero-order valence-electron chi connectivity index (χ0n) is 11.0. The number of nitrogens with one attached hydrogen (secondary N) is 1. The van der Waals surface area contributed by atoms with E-state index in [4.69, 9.17) is 9.84 Å². The number of aliphatic carboxylic acids is 1. The Morgan fingerprint density at radius 3 is 2.42 bits per heavy atom. The lowest BCUT2D eigenvalue weighted by atomic mass is 10.0. The number of carboxylic acid groups (broad SMARTS) is 1. The van der Waals surface area contributed by atoms with Crippen molar-refractivity contribution in [1.29, 1.82) is 0 Å². The van der Waals surface area contributed by atoms with Gasteiger partial charge in [-0.3, -0.25) is 4.79 Å². The van der Waals surface area contributed by atoms with Crippen LogP contribution in [0.2, 0.25) is 0 Å². The van der Waals surface area contributed by atoms with Gasteiger partial charge in [-0.2, -0.15) is 0 Å². The third kappa shape index (κ3) is 3.61. The number of benzene rings is 1. The Morgan fingerprint density at radius 2 is 1.95 bits per heavy atom. The van der Waals surface area contributed by atoms with Gasteiger partial charge < -0.3 is 20.3 Å². The van der Waals surface area contributed by atoms with Gasteiger partial charge >= 0.3 is 5.97 Å². The summed E-state index contributed by atoms with van der Waals surface area (Å²) in [6.45, 7) is 3.37. The van der Waals surface area contributed by atoms with E-state index in [9.17, 15) is 14.7 Å². The maximum atomic E-state index is 12.0. The maximum Gasteiger partial charge on any atom is 0.326 e. The molecule has 0 bridgehead atoms. The Labute approximate surface area is 111 Å². The molecule has 0 aliphatic carbocycles. The number of hydrogen-bond acceptors (Lipinski definition) is 4. The van der Waals surface area contributed by atoms with Crippen LogP contribution < -0.4 is 10.1 Å². The first-order valence-corrected chi connectivity index (χ1v) is 5.77. The van der Waals surface area contributed by atoms with E-state index in [2.05, 4.69) is 5.32 Å². The number of ether oxygens (including phenoxy) is 1. The van der Waals surface area contributed by atoms with Gasteiger partial charge in [0.15, 0.2) is 0 Å². The summed E-state index contributed by atoms with van der Waals surface area (Å²) in [4.78, 5) is 23.0. The van der Waals surface area contributed by atoms with Crippen molar-refractivity contribution >= 4 is 11.9 Å². The highest BCUT2D eigenvalue weighted by molar-refractivity contribution is 5.99. The number of methoxy groups -OCH3 is 1. The van der Waals surface area contributed by atoms with Gasteiger partial charge in [-0.05, 0) is 24.1 Å². The number of hydrogen-bond donors (Lipinski definition) is 3. The summed E-state index contributed by atoms with van der Waals surface area (Å²) in [5.74, 6) is -1.87. The van der Waals surface area contributed by atoms with Crippen LogP contribution >= 0.6 is 0 Å². The second-order valence-electron chi connectivity index (χ2n) is 4.42. The van der Waals surface area contributed by atoms with Crippen LogP contribution in [-0.2, 0) is 4.79 Å². The Morgan fingerprint density at radius 1 is 1.32 bits per heavy atom. The molecule has 6 heteroatoms. The molecule has 1 atom stereocenters. The third-order valence-corrected chi connectivity index (χ3v) is 2.67. The lowest BCUT2D eigenvalue weighted by Gasteiger charge is -2.18. The van der Waals surface area contributed by atoms with E-state index in [0.717, 1.165) is 0 Å². The number of rotatable bonds is 5. The van der Waals surface area contributed by atoms with Crippen LogP contribution in [0, 0.1) is 5.92 Å². The Balaban J connectivity index is 2.97. The van der Waals surface area contributed by atoms with E-state index in [0.29, 0.717) is 5.75 Å². The normalized spacial score (nSPS) is 12.0. The minimum Gasteiger partial charge on any atom is -0.507 e. The van der Waals surface area contributed by atoms with E-state index in [-0.39, 0.29) is 17.2 Å². The number of carbonyl (C=O) groups excluding carboxylic acids is 1. The molecule has 1 aromatic carbocycles. The van der Waals surface area contributed by atoms with Crippen molar-refractivity contribution in [3.05, 3.63) is 23.8 Å². The molecule has 0 aliphatic rings. The standard InChI is InChI=1S/C13H17NO5/c1-7(2)11(13(17)18)14-12(16)9-6-8(19-3)4-5-10(9)15/h4-7,11,15H,1-3H3,(H,14,16)(H,17,18)/t11-/m0/s1. The van der Waals surface area contributed by atoms with Gasteiger partial charge in [-0.15, -0.1) is 0 Å². The fraction of sp³-hybridized carbons (Fsp3) is 0.385. The van der Waals surface area contributed by atoms with Gasteiger partial charge in [0.05, 0.1) is 12.7 Å². The average Bonchev–Trinajstić information content (AvgIpc) is 2.35. The summed E-state index contributed by atoms with van der Waals surface area (Å²) in [7, 11) is 1.43. The number of phenols is 1. The Bertz CT molecular complexity index is 484. The molecule has 0 spiro atoms. The van der Waals surface area contributed by atoms with Crippen molar-refractivity contribution < 1.29 is 24.5 Å². The van der Waals surface area contributed by atoms with E-state index >= 15 is 0 Å². The first-order valence-electron chi connectivity index (χ1n) is 5.77. The first-order chi connectivity index (χ1) is 8.86. The Hall–Kier alpha value is -2.24. The molecule has 0 saturated heterocycles. The Kier molecular flexibility index (Phi) is 4.74. The second-order valence-corrected chi connectivity index (χ2v) is 4.42. The van der Waals surface area contributed by atoms with Crippen LogP contribution in [0.3, 0.4) is 0 Å². The molecule has 3 N–H and O–H groups in total. The second kappa shape index (κ2) is 6.08. The van der Waals surface area contributed by atoms with Gasteiger partial charge in [-0.1, -0.05) is 13.8 Å². The van der Waals surface area contributed by atoms with E-state index in [1.54, 1.807) is 13.8 Å². The fourth-order valence-electron chi connectivity index (χ4n) is 1.56. The fourth-order valence-corrected chi connectivity index (χ4v) is 1.56. The monoisotopic (exact) mass is 267 g/mol. The number of carbonyl (C=O) groups is 2. The third-order valence-electron chi connectivity index (χ3n) is 2.67. The highest BCUT2D eigenvalue weighted by Crippen LogP contribution is 2.23. The molecule has 1 rings (SSSR count). The number of phenolic OH excluding ortho intramolecular Hbond substituents is 1. The summed E-state index contributed by atoms with van der Waals surface area (Å²) in [5.41, 5.74) is -0.0220. The summed E-state index contributed by atoms with van der Waals surface area (Å²) in [5, 5.41) is 21.0. The van der Waals surface area contributed by atoms with Crippen LogP contribution in [0.25, 0.3) is 0 Å². The smallest absolute Gasteiger partial charge is 0.326 e. The highest BCUT2D eigenvalue weighted by Gasteiger charge is 2.25. The highest BCUT2D eigenvalue weighted by atomic mass is 16.5. The predicted octanol–water partition coefficient (Wildman–Crippen LogP) is 1.24. The van der Waals surface area contributed by atoms with E-state index in [1.807, 2.05) is 0 Å². The van der Waals surface area contributed by atoms with Gasteiger partial charge in [-0.25, -0.2) is 4.79 Å². The molecule has 1 aromatic rings. The minimum atomic E-state index is -1.12. The number of amides is 1. The largest absolute Gasteiger partial charge is 0.507 e. The van der Waals surface area contributed by atoms with Crippen molar-refractivity contribution in [3.63, 3.8) is 0 Å². The molecular formula is C13H17NO5. The molecule has 0 heterocycles. The first kappa shape index (κ1) is 14.8.